The predicted octanol–water partition coefficient (Wildman–Crippen LogP) is -0.589. The lowest BCUT2D eigenvalue weighted by molar-refractivity contribution is -0.272. The molecule has 2 N–H and O–H groups in total. The van der Waals surface area contributed by atoms with Gasteiger partial charge in [0.15, 0.2) is 0 Å². The zero-order valence-corrected chi connectivity index (χ0v) is 8.29. The monoisotopic (exact) mass is 260 g/mol. The second kappa shape index (κ2) is 6.52. The van der Waals surface area contributed by atoms with Gasteiger partial charge in [-0.3, -0.25) is 0 Å². The molecule has 0 aromatic heterocycles. The fourth-order valence-electron chi connectivity index (χ4n) is 0.419. The smallest absolute Gasteiger partial charge is 0.336 e. The van der Waals surface area contributed by atoms with E-state index in [2.05, 4.69) is 19.9 Å². The van der Waals surface area contributed by atoms with Gasteiger partial charge in [0.05, 0.1) is 6.54 Å². The summed E-state index contributed by atoms with van der Waals surface area (Å²) in [4.78, 5) is 41.5. The Kier molecular flexibility index (Phi) is 5.74. The molecular weight excluding hydrogens is 253 g/mol. The maximum Gasteiger partial charge on any atom is 0.495 e. The third-order valence-electron chi connectivity index (χ3n) is 0.994. The molecule has 0 aliphatic carbocycles. The van der Waals surface area contributed by atoms with Crippen molar-refractivity contribution in [1.29, 1.82) is 0 Å². The van der Waals surface area contributed by atoms with Crippen LogP contribution in [0.3, 0.4) is 0 Å². The number of rotatable bonds is 2. The number of hydrogen-bond donors (Lipinski definition) is 2. The van der Waals surface area contributed by atoms with Crippen LogP contribution in [-0.2, 0) is 24.2 Å². The van der Waals surface area contributed by atoms with Crippen molar-refractivity contribution >= 4 is 18.0 Å². The molecular formula is C6H7F3N2O6. The molecule has 98 valence electrons. The predicted molar refractivity (Wildman–Crippen MR) is 41.8 cm³/mol. The van der Waals surface area contributed by atoms with Crippen LogP contribution >= 0.6 is 0 Å². The zero-order chi connectivity index (χ0) is 13.5. The van der Waals surface area contributed by atoms with Crippen LogP contribution in [0.25, 0.3) is 0 Å². The first-order valence-corrected chi connectivity index (χ1v) is 3.87. The highest BCUT2D eigenvalue weighted by Gasteiger charge is 2.43. The number of carbonyl (C=O) groups is 3. The maximum absolute atomic E-state index is 11.5. The maximum atomic E-state index is 11.5. The van der Waals surface area contributed by atoms with Gasteiger partial charge in [-0.05, 0) is 7.05 Å². The van der Waals surface area contributed by atoms with Crippen LogP contribution < -0.4 is 10.8 Å². The molecule has 0 aliphatic heterocycles. The van der Waals surface area contributed by atoms with Crippen molar-refractivity contribution < 1.29 is 42.2 Å². The van der Waals surface area contributed by atoms with E-state index in [1.807, 2.05) is 0 Å². The van der Waals surface area contributed by atoms with Crippen molar-refractivity contribution in [2.75, 3.05) is 13.6 Å². The van der Waals surface area contributed by atoms with Gasteiger partial charge >= 0.3 is 24.2 Å². The van der Waals surface area contributed by atoms with Gasteiger partial charge in [-0.1, -0.05) is 0 Å². The Morgan fingerprint density at radius 3 is 2.24 bits per heavy atom. The molecule has 17 heavy (non-hydrogen) atoms. The number of amides is 1. The lowest BCUT2D eigenvalue weighted by Crippen LogP contribution is -2.34. The Hall–Kier alpha value is -2.04. The van der Waals surface area contributed by atoms with Crippen LogP contribution in [0.2, 0.25) is 0 Å². The standard InChI is InChI=1S/C6H7F3N2O6/c1-10-2-3(12)15-11-5(14)17-16-4(13)6(7,8)9/h10H,2H2,1H3,(H,11,14). The molecule has 0 aromatic carbocycles. The second-order valence-corrected chi connectivity index (χ2v) is 2.35. The van der Waals surface area contributed by atoms with E-state index < -0.39 is 24.2 Å². The van der Waals surface area contributed by atoms with E-state index >= 15 is 0 Å². The molecule has 0 atom stereocenters. The highest BCUT2D eigenvalue weighted by Crippen LogP contribution is 2.16. The number of carbonyl (C=O) groups excluding carboxylic acids is 3. The number of likely N-dealkylation sites (N-methyl/N-ethyl adjacent to an activating group) is 1. The first-order valence-electron chi connectivity index (χ1n) is 3.87. The van der Waals surface area contributed by atoms with Crippen molar-refractivity contribution in [3.8, 4) is 0 Å². The normalized spacial score (nSPS) is 10.4. The van der Waals surface area contributed by atoms with Gasteiger partial charge in [-0.15, -0.1) is 5.48 Å². The van der Waals surface area contributed by atoms with Gasteiger partial charge in [-0.25, -0.2) is 24.2 Å². The van der Waals surface area contributed by atoms with Crippen LogP contribution in [-0.4, -0.2) is 37.8 Å². The zero-order valence-electron chi connectivity index (χ0n) is 8.29. The summed E-state index contributed by atoms with van der Waals surface area (Å²) in [5, 5.41) is 2.36. The third-order valence-corrected chi connectivity index (χ3v) is 0.994. The highest BCUT2D eigenvalue weighted by molar-refractivity contribution is 5.77. The summed E-state index contributed by atoms with van der Waals surface area (Å²) in [5.41, 5.74) is 1.28. The third kappa shape index (κ3) is 6.94. The SMILES string of the molecule is CNCC(=O)ONC(=O)OOC(=O)C(F)(F)F. The molecule has 0 saturated heterocycles. The lowest BCUT2D eigenvalue weighted by Gasteiger charge is -2.06. The summed E-state index contributed by atoms with van der Waals surface area (Å²) in [6, 6.07) is 0. The van der Waals surface area contributed by atoms with Crippen molar-refractivity contribution in [3.05, 3.63) is 0 Å². The molecule has 0 spiro atoms. The van der Waals surface area contributed by atoms with Crippen LogP contribution in [0.4, 0.5) is 18.0 Å². The molecule has 0 fully saturated rings. The summed E-state index contributed by atoms with van der Waals surface area (Å²) in [7, 11) is 1.41. The van der Waals surface area contributed by atoms with Gasteiger partial charge < -0.3 is 10.2 Å². The largest absolute Gasteiger partial charge is 0.495 e. The summed E-state index contributed by atoms with van der Waals surface area (Å²) in [6.07, 6.45) is -7.00. The van der Waals surface area contributed by atoms with Crippen LogP contribution in [0.5, 0.6) is 0 Å². The van der Waals surface area contributed by atoms with E-state index in [4.69, 9.17) is 0 Å². The van der Waals surface area contributed by atoms with Gasteiger partial charge in [0.2, 0.25) is 0 Å². The van der Waals surface area contributed by atoms with E-state index in [1.165, 1.54) is 12.5 Å². The van der Waals surface area contributed by atoms with Gasteiger partial charge in [-0.2, -0.15) is 13.2 Å². The van der Waals surface area contributed by atoms with Crippen LogP contribution in [0.1, 0.15) is 0 Å². The van der Waals surface area contributed by atoms with Gasteiger partial charge in [0.1, 0.15) is 0 Å². The molecule has 0 aliphatic rings. The first kappa shape index (κ1) is 15.0. The quantitative estimate of drug-likeness (QED) is 0.505. The minimum atomic E-state index is -5.30. The van der Waals surface area contributed by atoms with Crippen LogP contribution in [0, 0.1) is 0 Å². The fraction of sp³-hybridized carbons (Fsp3) is 0.500. The van der Waals surface area contributed by atoms with E-state index in [9.17, 15) is 27.6 Å². The number of nitrogens with one attached hydrogen (secondary N) is 2. The van der Waals surface area contributed by atoms with Crippen molar-refractivity contribution in [1.82, 2.24) is 10.8 Å². The van der Waals surface area contributed by atoms with Gasteiger partial charge in [0, 0.05) is 0 Å². The average molecular weight is 260 g/mol. The number of halogens is 3. The van der Waals surface area contributed by atoms with E-state index in [-0.39, 0.29) is 6.54 Å². The fourth-order valence-corrected chi connectivity index (χ4v) is 0.419. The lowest BCUT2D eigenvalue weighted by atomic mass is 10.7. The summed E-state index contributed by atoms with van der Waals surface area (Å²) < 4.78 is 34.6. The second-order valence-electron chi connectivity index (χ2n) is 2.35. The minimum Gasteiger partial charge on any atom is -0.336 e. The van der Waals surface area contributed by atoms with E-state index in [0.717, 1.165) is 0 Å². The Balaban J connectivity index is 3.82. The molecule has 8 nitrogen and oxygen atoms in total. The first-order chi connectivity index (χ1) is 7.77. The Morgan fingerprint density at radius 1 is 1.18 bits per heavy atom. The number of hydrogen-bond acceptors (Lipinski definition) is 7. The molecule has 11 heteroatoms. The summed E-state index contributed by atoms with van der Waals surface area (Å²) >= 11 is 0. The molecule has 0 bridgehead atoms. The van der Waals surface area contributed by atoms with E-state index in [0.29, 0.717) is 0 Å². The summed E-state index contributed by atoms with van der Waals surface area (Å²) in [6.45, 7) is -0.261. The van der Waals surface area contributed by atoms with E-state index in [1.54, 1.807) is 0 Å². The number of hydroxylamine groups is 1. The average Bonchev–Trinajstić information content (AvgIpc) is 2.22. The topological polar surface area (TPSA) is 103 Å². The van der Waals surface area contributed by atoms with Crippen molar-refractivity contribution in [2.24, 2.45) is 0 Å². The van der Waals surface area contributed by atoms with Gasteiger partial charge in [0.25, 0.3) is 0 Å². The summed E-state index contributed by atoms with van der Waals surface area (Å²) in [5.74, 6) is -3.67. The molecule has 0 saturated carbocycles. The molecule has 0 heterocycles. The van der Waals surface area contributed by atoms with Crippen molar-refractivity contribution in [2.45, 2.75) is 6.18 Å². The highest BCUT2D eigenvalue weighted by atomic mass is 19.4. The molecule has 0 rings (SSSR count). The number of alkyl halides is 3. The Bertz CT molecular complexity index is 305. The minimum absolute atomic E-state index is 0.261. The molecule has 0 radical (unpaired) electrons. The Morgan fingerprint density at radius 2 is 1.76 bits per heavy atom. The van der Waals surface area contributed by atoms with Crippen LogP contribution in [0.15, 0.2) is 0 Å². The Labute approximate surface area is 91.9 Å². The van der Waals surface area contributed by atoms with Crippen molar-refractivity contribution in [3.63, 3.8) is 0 Å². The molecule has 1 amide bonds. The molecule has 0 aromatic rings. The molecule has 0 unspecified atom stereocenters.